The fourth-order valence-electron chi connectivity index (χ4n) is 4.88. The molecule has 0 aromatic carbocycles. The molecule has 2 aliphatic carbocycles. The van der Waals surface area contributed by atoms with Crippen molar-refractivity contribution < 1.29 is 0 Å². The van der Waals surface area contributed by atoms with E-state index in [4.69, 9.17) is 24.1 Å². The van der Waals surface area contributed by atoms with E-state index >= 15 is 0 Å². The van der Waals surface area contributed by atoms with E-state index in [1.165, 1.54) is 69.8 Å². The van der Waals surface area contributed by atoms with Crippen molar-refractivity contribution in [2.24, 2.45) is 35.1 Å². The first-order valence-corrected chi connectivity index (χ1v) is 16.5. The zero-order valence-corrected chi connectivity index (χ0v) is 28.8. The summed E-state index contributed by atoms with van der Waals surface area (Å²) in [5.74, 6) is 3.26. The van der Waals surface area contributed by atoms with Gasteiger partial charge in [0, 0.05) is 30.7 Å². The third-order valence-corrected chi connectivity index (χ3v) is 8.17. The maximum absolute atomic E-state index is 6.19. The Morgan fingerprint density at radius 3 is 1.79 bits per heavy atom. The summed E-state index contributed by atoms with van der Waals surface area (Å²) in [6, 6.07) is 0.645. The summed E-state index contributed by atoms with van der Waals surface area (Å²) in [5, 5.41) is 4.03. The minimum absolute atomic E-state index is 0. The van der Waals surface area contributed by atoms with Crippen LogP contribution in [0.5, 0.6) is 0 Å². The zero-order valence-electron chi connectivity index (χ0n) is 27.9. The first-order chi connectivity index (χ1) is 18.1. The predicted octanol–water partition coefficient (Wildman–Crippen LogP) is 8.43. The van der Waals surface area contributed by atoms with E-state index in [1.807, 2.05) is 20.8 Å². The molecule has 2 fully saturated rings. The van der Waals surface area contributed by atoms with Gasteiger partial charge in [0.15, 0.2) is 0 Å². The van der Waals surface area contributed by atoms with Gasteiger partial charge in [0.25, 0.3) is 0 Å². The van der Waals surface area contributed by atoms with Crippen LogP contribution in [0.3, 0.4) is 0 Å². The van der Waals surface area contributed by atoms with Gasteiger partial charge in [-0.1, -0.05) is 84.8 Å². The van der Waals surface area contributed by atoms with E-state index < -0.39 is 0 Å². The van der Waals surface area contributed by atoms with Crippen molar-refractivity contribution in [3.63, 3.8) is 0 Å². The molecule has 0 aromatic rings. The second kappa shape index (κ2) is 23.3. The van der Waals surface area contributed by atoms with Gasteiger partial charge in [0.05, 0.1) is 5.37 Å². The van der Waals surface area contributed by atoms with Crippen molar-refractivity contribution in [2.75, 3.05) is 19.6 Å². The molecule has 0 aliphatic heterocycles. The van der Waals surface area contributed by atoms with E-state index in [1.54, 1.807) is 0 Å². The molecule has 5 N–H and O–H groups in total. The number of nitrogens with zero attached hydrogens (tertiary/aromatic N) is 1. The second-order valence-electron chi connectivity index (χ2n) is 13.9. The van der Waals surface area contributed by atoms with Gasteiger partial charge in [-0.2, -0.15) is 12.6 Å². The van der Waals surface area contributed by atoms with Gasteiger partial charge in [0.1, 0.15) is 0 Å². The van der Waals surface area contributed by atoms with Crippen molar-refractivity contribution in [3.8, 4) is 0 Å². The lowest BCUT2D eigenvalue weighted by molar-refractivity contribution is 0.207. The van der Waals surface area contributed by atoms with E-state index in [2.05, 4.69) is 71.5 Å². The molecule has 0 amide bonds. The molecular weight excluding hydrogens is 496 g/mol. The molecular formula is C34H72N4S. The highest BCUT2D eigenvalue weighted by atomic mass is 32.1. The summed E-state index contributed by atoms with van der Waals surface area (Å²) < 4.78 is 0. The maximum atomic E-state index is 6.19. The average molecular weight is 569 g/mol. The average Bonchev–Trinajstić information content (AvgIpc) is 3.31. The van der Waals surface area contributed by atoms with E-state index in [0.29, 0.717) is 12.0 Å². The third-order valence-electron chi connectivity index (χ3n) is 7.38. The third kappa shape index (κ3) is 24.0. The maximum Gasteiger partial charge on any atom is 0.0678 e. The van der Waals surface area contributed by atoms with Crippen molar-refractivity contribution in [1.82, 2.24) is 10.2 Å². The van der Waals surface area contributed by atoms with Gasteiger partial charge < -0.3 is 16.8 Å². The van der Waals surface area contributed by atoms with Gasteiger partial charge in [-0.15, -0.1) is 13.2 Å². The lowest BCUT2D eigenvalue weighted by Crippen LogP contribution is -2.48. The smallest absolute Gasteiger partial charge is 0.0678 e. The summed E-state index contributed by atoms with van der Waals surface area (Å²) in [6.07, 6.45) is 14.0. The Hall–Kier alpha value is -0.330. The quantitative estimate of drug-likeness (QED) is 0.0964. The standard InChI is InChI=1S/C24H47N3S.C4H11N.C4H10.C2H4/c1-18(2)19(3)23(17-22-11-7-12-22)26-14-16-27(24(28)20(4)25)15-8-13-21-9-5-6-10-21;1-4(2,3)5;1-4(2)3;1-2/h19-24,26,28H,1,5-17,25H2,2-4H3;5H2,1-3H3;4H,1-3H3;1-2H2. The number of rotatable bonds is 14. The van der Waals surface area contributed by atoms with Crippen LogP contribution < -0.4 is 16.8 Å². The normalized spacial score (nSPS) is 18.9. The van der Waals surface area contributed by atoms with Crippen LogP contribution in [-0.2, 0) is 0 Å². The topological polar surface area (TPSA) is 67.3 Å². The molecule has 4 nitrogen and oxygen atoms in total. The molecule has 234 valence electrons. The second-order valence-corrected chi connectivity index (χ2v) is 14.5. The number of nitrogens with one attached hydrogen (secondary N) is 1. The molecule has 5 heteroatoms. The SMILES string of the molecule is C=C.C=C(C)C(C)C(CC1CCC1)NCCN(CCCC1CCCC1)C(S)C(C)N.CC(C)(C)N.CC(C)C. The minimum Gasteiger partial charge on any atom is -0.326 e. The molecule has 2 saturated carbocycles. The van der Waals surface area contributed by atoms with Crippen LogP contribution in [0.25, 0.3) is 0 Å². The fraction of sp³-hybridized carbons (Fsp3) is 0.882. The van der Waals surface area contributed by atoms with Crippen LogP contribution in [0.4, 0.5) is 0 Å². The number of hydrogen-bond donors (Lipinski definition) is 4. The summed E-state index contributed by atoms with van der Waals surface area (Å²) in [6.45, 7) is 32.4. The highest BCUT2D eigenvalue weighted by Gasteiger charge is 2.26. The molecule has 0 saturated heterocycles. The first kappa shape index (κ1) is 40.8. The Kier molecular flexibility index (Phi) is 24.3. The Morgan fingerprint density at radius 1 is 0.949 bits per heavy atom. The molecule has 0 radical (unpaired) electrons. The van der Waals surface area contributed by atoms with Crippen LogP contribution in [-0.4, -0.2) is 47.5 Å². The Labute approximate surface area is 252 Å². The molecule has 2 rings (SSSR count). The monoisotopic (exact) mass is 569 g/mol. The lowest BCUT2D eigenvalue weighted by atomic mass is 9.77. The molecule has 0 aromatic heterocycles. The van der Waals surface area contributed by atoms with Crippen LogP contribution in [0.1, 0.15) is 127 Å². The van der Waals surface area contributed by atoms with E-state index in [-0.39, 0.29) is 17.0 Å². The molecule has 0 bridgehead atoms. The summed E-state index contributed by atoms with van der Waals surface area (Å²) in [5.41, 5.74) is 12.8. The molecule has 39 heavy (non-hydrogen) atoms. The first-order valence-electron chi connectivity index (χ1n) is 16.0. The Bertz CT molecular complexity index is 567. The lowest BCUT2D eigenvalue weighted by Gasteiger charge is -2.35. The summed E-state index contributed by atoms with van der Waals surface area (Å²) in [7, 11) is 0. The summed E-state index contributed by atoms with van der Waals surface area (Å²) >= 11 is 4.84. The minimum atomic E-state index is 0. The van der Waals surface area contributed by atoms with Gasteiger partial charge in [-0.3, -0.25) is 4.90 Å². The predicted molar refractivity (Wildman–Crippen MR) is 183 cm³/mol. The zero-order chi connectivity index (χ0) is 30.6. The van der Waals surface area contributed by atoms with Crippen molar-refractivity contribution in [1.29, 1.82) is 0 Å². The van der Waals surface area contributed by atoms with Crippen LogP contribution in [0, 0.1) is 23.7 Å². The highest BCUT2D eigenvalue weighted by molar-refractivity contribution is 7.80. The molecule has 0 spiro atoms. The van der Waals surface area contributed by atoms with Crippen LogP contribution in [0.15, 0.2) is 25.3 Å². The largest absolute Gasteiger partial charge is 0.326 e. The van der Waals surface area contributed by atoms with Crippen LogP contribution >= 0.6 is 12.6 Å². The van der Waals surface area contributed by atoms with Crippen molar-refractivity contribution >= 4 is 12.6 Å². The van der Waals surface area contributed by atoms with Crippen LogP contribution in [0.2, 0.25) is 0 Å². The Morgan fingerprint density at radius 2 is 1.41 bits per heavy atom. The van der Waals surface area contributed by atoms with E-state index in [9.17, 15) is 0 Å². The van der Waals surface area contributed by atoms with Gasteiger partial charge in [-0.25, -0.2) is 0 Å². The summed E-state index contributed by atoms with van der Waals surface area (Å²) in [4.78, 5) is 2.50. The van der Waals surface area contributed by atoms with Crippen molar-refractivity contribution in [2.45, 2.75) is 150 Å². The van der Waals surface area contributed by atoms with E-state index in [0.717, 1.165) is 37.4 Å². The highest BCUT2D eigenvalue weighted by Crippen LogP contribution is 2.33. The number of hydrogen-bond acceptors (Lipinski definition) is 5. The van der Waals surface area contributed by atoms with Gasteiger partial charge in [-0.05, 0) is 84.1 Å². The van der Waals surface area contributed by atoms with Gasteiger partial charge in [0.2, 0.25) is 0 Å². The number of nitrogens with two attached hydrogens (primary N) is 2. The van der Waals surface area contributed by atoms with Gasteiger partial charge >= 0.3 is 0 Å². The molecule has 4 unspecified atom stereocenters. The Balaban J connectivity index is 0. The van der Waals surface area contributed by atoms with Crippen molar-refractivity contribution in [3.05, 3.63) is 25.3 Å². The molecule has 0 heterocycles. The number of thiol groups is 1. The molecule has 2 aliphatic rings. The molecule has 4 atom stereocenters. The fourth-order valence-corrected chi connectivity index (χ4v) is 5.11.